The fraction of sp³-hybridized carbons (Fsp3) is 0.208. The first kappa shape index (κ1) is 22.6. The van der Waals surface area contributed by atoms with Crippen molar-refractivity contribution in [1.82, 2.24) is 0 Å². The number of esters is 2. The summed E-state index contributed by atoms with van der Waals surface area (Å²) >= 11 is 3.41. The zero-order chi connectivity index (χ0) is 23.8. The first-order chi connectivity index (χ1) is 15.8. The highest BCUT2D eigenvalue weighted by Crippen LogP contribution is 2.53. The fourth-order valence-corrected chi connectivity index (χ4v) is 4.52. The molecule has 0 aliphatic carbocycles. The first-order valence-electron chi connectivity index (χ1n) is 10.2. The third-order valence-corrected chi connectivity index (χ3v) is 5.98. The van der Waals surface area contributed by atoms with E-state index in [1.807, 2.05) is 18.2 Å². The van der Waals surface area contributed by atoms with Gasteiger partial charge in [0.2, 0.25) is 11.8 Å². The van der Waals surface area contributed by atoms with Gasteiger partial charge in [-0.1, -0.05) is 46.3 Å². The molecule has 9 heteroatoms. The third-order valence-electron chi connectivity index (χ3n) is 5.48. The molecule has 8 nitrogen and oxygen atoms in total. The second-order valence-corrected chi connectivity index (χ2v) is 8.36. The summed E-state index contributed by atoms with van der Waals surface area (Å²) in [5.41, 5.74) is 5.37. The van der Waals surface area contributed by atoms with Gasteiger partial charge in [-0.3, -0.25) is 4.79 Å². The summed E-state index contributed by atoms with van der Waals surface area (Å²) in [5.74, 6) is -2.56. The maximum absolute atomic E-state index is 13.6. The Labute approximate surface area is 198 Å². The molecule has 0 radical (unpaired) electrons. The Hall–Kier alpha value is -3.59. The molecule has 0 fully saturated rings. The van der Waals surface area contributed by atoms with Crippen LogP contribution in [0.4, 0.5) is 5.69 Å². The van der Waals surface area contributed by atoms with E-state index in [2.05, 4.69) is 21.2 Å². The number of rotatable bonds is 5. The summed E-state index contributed by atoms with van der Waals surface area (Å²) in [4.78, 5) is 40.1. The van der Waals surface area contributed by atoms with Crippen molar-refractivity contribution in [2.24, 2.45) is 5.73 Å². The molecule has 33 heavy (non-hydrogen) atoms. The van der Waals surface area contributed by atoms with Gasteiger partial charge in [-0.25, -0.2) is 9.59 Å². The second kappa shape index (κ2) is 8.74. The number of anilines is 1. The number of carbonyl (C=O) groups excluding carboxylic acids is 3. The topological polar surface area (TPSA) is 117 Å². The highest BCUT2D eigenvalue weighted by molar-refractivity contribution is 9.10. The largest absolute Gasteiger partial charge is 0.462 e. The zero-order valence-corrected chi connectivity index (χ0v) is 19.5. The van der Waals surface area contributed by atoms with Gasteiger partial charge in [0.15, 0.2) is 0 Å². The van der Waals surface area contributed by atoms with Crippen molar-refractivity contribution in [3.8, 4) is 0 Å². The molecule has 0 saturated carbocycles. The predicted octanol–water partition coefficient (Wildman–Crippen LogP) is 3.42. The minimum atomic E-state index is -1.90. The van der Waals surface area contributed by atoms with Crippen molar-refractivity contribution in [3.63, 3.8) is 0 Å². The number of carbonyl (C=O) groups is 3. The Kier molecular flexibility index (Phi) is 5.99. The standard InChI is InChI=1S/C24H21BrN2O6/c1-3-31-22(29)19-20(26)33-13(2)18(21(28)32-12-14-7-5-4-6-8-14)24(19)16-11-15(25)9-10-17(16)27-23(24)30/h4-11H,3,12,26H2,1-2H3,(H,27,30)/t24-/m0/s1. The molecular weight excluding hydrogens is 492 g/mol. The van der Waals surface area contributed by atoms with E-state index in [1.165, 1.54) is 6.92 Å². The molecule has 1 amide bonds. The zero-order valence-electron chi connectivity index (χ0n) is 17.9. The van der Waals surface area contributed by atoms with E-state index < -0.39 is 23.3 Å². The molecule has 2 aromatic rings. The Morgan fingerprint density at radius 2 is 1.79 bits per heavy atom. The third kappa shape index (κ3) is 3.68. The van der Waals surface area contributed by atoms with Gasteiger partial charge >= 0.3 is 11.9 Å². The van der Waals surface area contributed by atoms with E-state index >= 15 is 0 Å². The molecule has 1 atom stereocenters. The number of halogens is 1. The molecule has 3 N–H and O–H groups in total. The number of amides is 1. The van der Waals surface area contributed by atoms with Crippen LogP contribution in [0.3, 0.4) is 0 Å². The predicted molar refractivity (Wildman–Crippen MR) is 122 cm³/mol. The number of nitrogens with one attached hydrogen (secondary N) is 1. The average Bonchev–Trinajstić information content (AvgIpc) is 3.04. The summed E-state index contributed by atoms with van der Waals surface area (Å²) in [7, 11) is 0. The summed E-state index contributed by atoms with van der Waals surface area (Å²) < 4.78 is 17.0. The number of benzene rings is 2. The van der Waals surface area contributed by atoms with Crippen LogP contribution in [0, 0.1) is 0 Å². The van der Waals surface area contributed by atoms with Crippen molar-refractivity contribution in [2.75, 3.05) is 11.9 Å². The molecule has 2 aliphatic rings. The van der Waals surface area contributed by atoms with Crippen LogP contribution in [0.5, 0.6) is 0 Å². The van der Waals surface area contributed by atoms with Gasteiger partial charge in [0, 0.05) is 15.7 Å². The van der Waals surface area contributed by atoms with Crippen LogP contribution >= 0.6 is 15.9 Å². The molecule has 2 aromatic carbocycles. The lowest BCUT2D eigenvalue weighted by Gasteiger charge is -2.35. The molecule has 0 unspecified atom stereocenters. The van der Waals surface area contributed by atoms with E-state index in [0.29, 0.717) is 15.7 Å². The van der Waals surface area contributed by atoms with Crippen LogP contribution in [-0.4, -0.2) is 24.5 Å². The summed E-state index contributed by atoms with van der Waals surface area (Å²) in [6.07, 6.45) is 0. The van der Waals surface area contributed by atoms with E-state index in [4.69, 9.17) is 19.9 Å². The highest BCUT2D eigenvalue weighted by atomic mass is 79.9. The Morgan fingerprint density at radius 3 is 2.48 bits per heavy atom. The van der Waals surface area contributed by atoms with Gasteiger partial charge in [-0.2, -0.15) is 0 Å². The van der Waals surface area contributed by atoms with E-state index in [9.17, 15) is 14.4 Å². The highest BCUT2D eigenvalue weighted by Gasteiger charge is 2.61. The number of hydrogen-bond acceptors (Lipinski definition) is 7. The van der Waals surface area contributed by atoms with Crippen molar-refractivity contribution < 1.29 is 28.6 Å². The Morgan fingerprint density at radius 1 is 1.09 bits per heavy atom. The van der Waals surface area contributed by atoms with Crippen LogP contribution in [-0.2, 0) is 40.6 Å². The number of nitrogens with two attached hydrogens (primary N) is 1. The van der Waals surface area contributed by atoms with Gasteiger partial charge in [0.25, 0.3) is 0 Å². The molecule has 1 spiro atoms. The average molecular weight is 513 g/mol. The van der Waals surface area contributed by atoms with Crippen LogP contribution in [0.15, 0.2) is 75.8 Å². The van der Waals surface area contributed by atoms with E-state index in [1.54, 1.807) is 37.3 Å². The van der Waals surface area contributed by atoms with Crippen molar-refractivity contribution >= 4 is 39.5 Å². The summed E-state index contributed by atoms with van der Waals surface area (Å²) in [6.45, 7) is 3.13. The van der Waals surface area contributed by atoms with Crippen LogP contribution < -0.4 is 11.1 Å². The Balaban J connectivity index is 1.89. The lowest BCUT2D eigenvalue weighted by Crippen LogP contribution is -2.48. The maximum Gasteiger partial charge on any atom is 0.341 e. The van der Waals surface area contributed by atoms with Crippen LogP contribution in [0.25, 0.3) is 0 Å². The fourth-order valence-electron chi connectivity index (χ4n) is 4.16. The quantitative estimate of drug-likeness (QED) is 0.589. The van der Waals surface area contributed by atoms with E-state index in [0.717, 1.165) is 5.56 Å². The van der Waals surface area contributed by atoms with E-state index in [-0.39, 0.29) is 36.0 Å². The van der Waals surface area contributed by atoms with Crippen LogP contribution in [0.1, 0.15) is 25.0 Å². The minimum absolute atomic E-state index is 0.0343. The lowest BCUT2D eigenvalue weighted by molar-refractivity contribution is -0.144. The first-order valence-corrected chi connectivity index (χ1v) is 11.0. The normalized spacial score (nSPS) is 19.2. The molecule has 4 rings (SSSR count). The van der Waals surface area contributed by atoms with Gasteiger partial charge in [-0.15, -0.1) is 0 Å². The van der Waals surface area contributed by atoms with Gasteiger partial charge in [-0.05, 0) is 37.6 Å². The molecule has 0 bridgehead atoms. The number of fused-ring (bicyclic) bond motifs is 2. The molecule has 2 heterocycles. The molecule has 170 valence electrons. The van der Waals surface area contributed by atoms with Gasteiger partial charge in [0.1, 0.15) is 28.9 Å². The smallest absolute Gasteiger partial charge is 0.341 e. The lowest BCUT2D eigenvalue weighted by atomic mass is 9.67. The van der Waals surface area contributed by atoms with Crippen molar-refractivity contribution in [1.29, 1.82) is 0 Å². The SMILES string of the molecule is CCOC(=O)C1=C(N)OC(C)=C(C(=O)OCc2ccccc2)[C@]12C(=O)Nc1ccc(Br)cc12. The maximum atomic E-state index is 13.6. The van der Waals surface area contributed by atoms with Gasteiger partial charge in [0.05, 0.1) is 6.61 Å². The molecular formula is C24H21BrN2O6. The molecule has 2 aliphatic heterocycles. The monoisotopic (exact) mass is 512 g/mol. The van der Waals surface area contributed by atoms with Crippen molar-refractivity contribution in [3.05, 3.63) is 86.9 Å². The summed E-state index contributed by atoms with van der Waals surface area (Å²) in [6, 6.07) is 14.2. The Bertz CT molecular complexity index is 1220. The number of allylic oxidation sites excluding steroid dienone is 1. The molecule has 0 saturated heterocycles. The minimum Gasteiger partial charge on any atom is -0.462 e. The molecule has 0 aromatic heterocycles. The number of hydrogen-bond donors (Lipinski definition) is 2. The van der Waals surface area contributed by atoms with Crippen LogP contribution in [0.2, 0.25) is 0 Å². The second-order valence-electron chi connectivity index (χ2n) is 7.45. The number of ether oxygens (including phenoxy) is 3. The van der Waals surface area contributed by atoms with Gasteiger partial charge < -0.3 is 25.3 Å². The summed E-state index contributed by atoms with van der Waals surface area (Å²) in [5, 5.41) is 2.76. The van der Waals surface area contributed by atoms with Crippen molar-refractivity contribution in [2.45, 2.75) is 25.9 Å².